The van der Waals surface area contributed by atoms with E-state index in [-0.39, 0.29) is 18.2 Å². The predicted octanol–water partition coefficient (Wildman–Crippen LogP) is 2.80. The van der Waals surface area contributed by atoms with Crippen molar-refractivity contribution in [2.24, 2.45) is 0 Å². The van der Waals surface area contributed by atoms with Crippen molar-refractivity contribution in [3.8, 4) is 0 Å². The van der Waals surface area contributed by atoms with E-state index < -0.39 is 0 Å². The molecule has 0 spiro atoms. The molecule has 1 aromatic rings. The van der Waals surface area contributed by atoms with Gasteiger partial charge in [0.1, 0.15) is 6.10 Å². The van der Waals surface area contributed by atoms with Crippen LogP contribution in [0.5, 0.6) is 0 Å². The standard InChI is InChI=1S/C14H18O3/c1-16-12-9-5-6-10-13(12)17-14(15)11-7-3-2-4-8-11/h2-4,7-8,12-13H,5-6,9-10H2,1H3/t12-,13+/m1/s1. The fourth-order valence-electron chi connectivity index (χ4n) is 2.25. The van der Waals surface area contributed by atoms with Crippen LogP contribution in [0, 0.1) is 0 Å². The van der Waals surface area contributed by atoms with Gasteiger partial charge in [-0.25, -0.2) is 4.79 Å². The Morgan fingerprint density at radius 1 is 1.12 bits per heavy atom. The topological polar surface area (TPSA) is 35.5 Å². The first-order chi connectivity index (χ1) is 8.31. The first-order valence-corrected chi connectivity index (χ1v) is 6.10. The molecule has 0 unspecified atom stereocenters. The van der Waals surface area contributed by atoms with Gasteiger partial charge in [0.15, 0.2) is 0 Å². The van der Waals surface area contributed by atoms with E-state index >= 15 is 0 Å². The molecule has 0 heterocycles. The van der Waals surface area contributed by atoms with Crippen LogP contribution in [0.15, 0.2) is 30.3 Å². The number of hydrogen-bond acceptors (Lipinski definition) is 3. The van der Waals surface area contributed by atoms with Crippen molar-refractivity contribution in [3.05, 3.63) is 35.9 Å². The van der Waals surface area contributed by atoms with Crippen LogP contribution in [0.2, 0.25) is 0 Å². The van der Waals surface area contributed by atoms with Crippen molar-refractivity contribution in [1.82, 2.24) is 0 Å². The molecule has 3 heteroatoms. The Kier molecular flexibility index (Phi) is 4.15. The highest BCUT2D eigenvalue weighted by Crippen LogP contribution is 2.24. The summed E-state index contributed by atoms with van der Waals surface area (Å²) in [6.45, 7) is 0. The average molecular weight is 234 g/mol. The van der Waals surface area contributed by atoms with Gasteiger partial charge in [0.2, 0.25) is 0 Å². The van der Waals surface area contributed by atoms with Crippen molar-refractivity contribution in [3.63, 3.8) is 0 Å². The van der Waals surface area contributed by atoms with E-state index in [1.165, 1.54) is 0 Å². The molecule has 1 fully saturated rings. The van der Waals surface area contributed by atoms with Crippen LogP contribution >= 0.6 is 0 Å². The fraction of sp³-hybridized carbons (Fsp3) is 0.500. The van der Waals surface area contributed by atoms with Crippen LogP contribution in [-0.4, -0.2) is 25.3 Å². The number of esters is 1. The molecule has 0 N–H and O–H groups in total. The normalized spacial score (nSPS) is 24.3. The van der Waals surface area contributed by atoms with Crippen LogP contribution in [0.1, 0.15) is 36.0 Å². The highest BCUT2D eigenvalue weighted by atomic mass is 16.6. The third kappa shape index (κ3) is 3.07. The van der Waals surface area contributed by atoms with Gasteiger partial charge in [0, 0.05) is 7.11 Å². The summed E-state index contributed by atoms with van der Waals surface area (Å²) in [6.07, 6.45) is 4.09. The monoisotopic (exact) mass is 234 g/mol. The minimum Gasteiger partial charge on any atom is -0.456 e. The molecule has 17 heavy (non-hydrogen) atoms. The average Bonchev–Trinajstić information content (AvgIpc) is 2.40. The highest BCUT2D eigenvalue weighted by Gasteiger charge is 2.28. The fourth-order valence-corrected chi connectivity index (χ4v) is 2.25. The highest BCUT2D eigenvalue weighted by molar-refractivity contribution is 5.89. The molecule has 3 nitrogen and oxygen atoms in total. The van der Waals surface area contributed by atoms with E-state index in [0.717, 1.165) is 25.7 Å². The van der Waals surface area contributed by atoms with Crippen molar-refractivity contribution in [2.75, 3.05) is 7.11 Å². The predicted molar refractivity (Wildman–Crippen MR) is 64.9 cm³/mol. The lowest BCUT2D eigenvalue weighted by Gasteiger charge is -2.29. The molecule has 0 aliphatic heterocycles. The second-order valence-corrected chi connectivity index (χ2v) is 4.37. The molecule has 0 aromatic heterocycles. The maximum absolute atomic E-state index is 11.9. The van der Waals surface area contributed by atoms with E-state index in [4.69, 9.17) is 9.47 Å². The van der Waals surface area contributed by atoms with E-state index in [2.05, 4.69) is 0 Å². The Bertz CT molecular complexity index is 361. The lowest BCUT2D eigenvalue weighted by atomic mass is 9.94. The van der Waals surface area contributed by atoms with Gasteiger partial charge in [-0.05, 0) is 31.4 Å². The summed E-state index contributed by atoms with van der Waals surface area (Å²) >= 11 is 0. The van der Waals surface area contributed by atoms with Gasteiger partial charge in [0.25, 0.3) is 0 Å². The van der Waals surface area contributed by atoms with Gasteiger partial charge < -0.3 is 9.47 Å². The molecule has 1 aliphatic rings. The van der Waals surface area contributed by atoms with E-state index in [0.29, 0.717) is 5.56 Å². The van der Waals surface area contributed by atoms with Crippen LogP contribution in [0.3, 0.4) is 0 Å². The Balaban J connectivity index is 1.98. The van der Waals surface area contributed by atoms with E-state index in [1.807, 2.05) is 18.2 Å². The second-order valence-electron chi connectivity index (χ2n) is 4.37. The molecule has 0 bridgehead atoms. The Hall–Kier alpha value is -1.35. The van der Waals surface area contributed by atoms with Gasteiger partial charge in [-0.15, -0.1) is 0 Å². The molecular weight excluding hydrogens is 216 g/mol. The second kappa shape index (κ2) is 5.82. The van der Waals surface area contributed by atoms with Gasteiger partial charge in [-0.2, -0.15) is 0 Å². The first kappa shape index (κ1) is 12.1. The van der Waals surface area contributed by atoms with Gasteiger partial charge in [-0.3, -0.25) is 0 Å². The summed E-state index contributed by atoms with van der Waals surface area (Å²) in [4.78, 5) is 11.9. The zero-order valence-corrected chi connectivity index (χ0v) is 10.1. The quantitative estimate of drug-likeness (QED) is 0.754. The lowest BCUT2D eigenvalue weighted by molar-refractivity contribution is -0.0539. The number of rotatable bonds is 3. The molecule has 1 aromatic carbocycles. The molecule has 1 saturated carbocycles. The maximum Gasteiger partial charge on any atom is 0.338 e. The molecule has 0 saturated heterocycles. The van der Waals surface area contributed by atoms with Gasteiger partial charge in [0.05, 0.1) is 11.7 Å². The van der Waals surface area contributed by atoms with Crippen LogP contribution in [-0.2, 0) is 9.47 Å². The number of ether oxygens (including phenoxy) is 2. The number of benzene rings is 1. The largest absolute Gasteiger partial charge is 0.456 e. The van der Waals surface area contributed by atoms with Crippen LogP contribution in [0.4, 0.5) is 0 Å². The Labute approximate surface area is 102 Å². The summed E-state index contributed by atoms with van der Waals surface area (Å²) in [7, 11) is 1.68. The lowest BCUT2D eigenvalue weighted by Crippen LogP contribution is -2.35. The molecular formula is C14H18O3. The summed E-state index contributed by atoms with van der Waals surface area (Å²) in [6, 6.07) is 9.10. The summed E-state index contributed by atoms with van der Waals surface area (Å²) in [5, 5.41) is 0. The maximum atomic E-state index is 11.9. The molecule has 0 amide bonds. The minimum atomic E-state index is -0.250. The summed E-state index contributed by atoms with van der Waals surface area (Å²) in [5.41, 5.74) is 0.605. The summed E-state index contributed by atoms with van der Waals surface area (Å²) < 4.78 is 10.9. The molecule has 2 atom stereocenters. The zero-order chi connectivity index (χ0) is 12.1. The Morgan fingerprint density at radius 3 is 2.41 bits per heavy atom. The number of hydrogen-bond donors (Lipinski definition) is 0. The number of carbonyl (C=O) groups is 1. The summed E-state index contributed by atoms with van der Waals surface area (Å²) in [5.74, 6) is -0.250. The SMILES string of the molecule is CO[C@@H]1CCCC[C@@H]1OC(=O)c1ccccc1. The van der Waals surface area contributed by atoms with Crippen LogP contribution in [0.25, 0.3) is 0 Å². The van der Waals surface area contributed by atoms with Crippen molar-refractivity contribution >= 4 is 5.97 Å². The third-order valence-corrected chi connectivity index (χ3v) is 3.21. The van der Waals surface area contributed by atoms with Crippen molar-refractivity contribution < 1.29 is 14.3 Å². The zero-order valence-electron chi connectivity index (χ0n) is 10.1. The van der Waals surface area contributed by atoms with Crippen molar-refractivity contribution in [2.45, 2.75) is 37.9 Å². The van der Waals surface area contributed by atoms with Crippen LogP contribution < -0.4 is 0 Å². The molecule has 2 rings (SSSR count). The first-order valence-electron chi connectivity index (χ1n) is 6.10. The van der Waals surface area contributed by atoms with E-state index in [1.54, 1.807) is 19.2 Å². The van der Waals surface area contributed by atoms with E-state index in [9.17, 15) is 4.79 Å². The number of carbonyl (C=O) groups excluding carboxylic acids is 1. The van der Waals surface area contributed by atoms with Gasteiger partial charge in [-0.1, -0.05) is 24.6 Å². The third-order valence-electron chi connectivity index (χ3n) is 3.21. The molecule has 0 radical (unpaired) electrons. The smallest absolute Gasteiger partial charge is 0.338 e. The molecule has 1 aliphatic carbocycles. The van der Waals surface area contributed by atoms with Gasteiger partial charge >= 0.3 is 5.97 Å². The number of methoxy groups -OCH3 is 1. The molecule has 92 valence electrons. The minimum absolute atomic E-state index is 0.0522. The Morgan fingerprint density at radius 2 is 1.76 bits per heavy atom. The van der Waals surface area contributed by atoms with Crippen molar-refractivity contribution in [1.29, 1.82) is 0 Å².